The fourth-order valence-corrected chi connectivity index (χ4v) is 3.47. The third kappa shape index (κ3) is 5.76. The summed E-state index contributed by atoms with van der Waals surface area (Å²) in [5.74, 6) is 0.974. The smallest absolute Gasteiger partial charge is 0.226 e. The molecule has 1 unspecified atom stereocenters. The molecule has 0 fully saturated rings. The molecule has 29 heavy (non-hydrogen) atoms. The number of aromatic nitrogens is 1. The molecule has 7 heteroatoms. The molecule has 2 aromatic rings. The van der Waals surface area contributed by atoms with Crippen LogP contribution in [0.15, 0.2) is 42.6 Å². The minimum absolute atomic E-state index is 0.0396. The Hall–Kier alpha value is -2.96. The van der Waals surface area contributed by atoms with E-state index in [1.54, 1.807) is 6.20 Å². The van der Waals surface area contributed by atoms with Crippen molar-refractivity contribution in [2.45, 2.75) is 25.8 Å². The van der Waals surface area contributed by atoms with Gasteiger partial charge in [0.15, 0.2) is 0 Å². The van der Waals surface area contributed by atoms with Crippen molar-refractivity contribution in [2.75, 3.05) is 31.7 Å². The van der Waals surface area contributed by atoms with Crippen molar-refractivity contribution >= 4 is 18.0 Å². The number of fused-ring (bicyclic) bond motifs is 1. The highest BCUT2D eigenvalue weighted by molar-refractivity contribution is 5.82. The quantitative estimate of drug-likeness (QED) is 0.491. The molecule has 0 radical (unpaired) electrons. The van der Waals surface area contributed by atoms with Gasteiger partial charge in [-0.3, -0.25) is 4.79 Å². The molecule has 0 saturated heterocycles. The molecule has 1 atom stereocenters. The fraction of sp³-hybridized carbons (Fsp3) is 0.409. The van der Waals surface area contributed by atoms with E-state index in [0.29, 0.717) is 19.6 Å². The molecule has 1 aromatic carbocycles. The van der Waals surface area contributed by atoms with E-state index in [1.807, 2.05) is 36.4 Å². The molecule has 6 nitrogen and oxygen atoms in total. The summed E-state index contributed by atoms with van der Waals surface area (Å²) in [6, 6.07) is 11.5. The maximum atomic E-state index is 12.9. The molecular weight excluding hydrogens is 373 g/mol. The van der Waals surface area contributed by atoms with Gasteiger partial charge in [-0.25, -0.2) is 9.37 Å². The van der Waals surface area contributed by atoms with Crippen molar-refractivity contribution in [3.05, 3.63) is 53.7 Å². The van der Waals surface area contributed by atoms with E-state index in [9.17, 15) is 14.0 Å². The molecule has 0 bridgehead atoms. The van der Waals surface area contributed by atoms with Crippen LogP contribution in [0.1, 0.15) is 24.0 Å². The maximum absolute atomic E-state index is 12.9. The van der Waals surface area contributed by atoms with Crippen LogP contribution >= 0.6 is 0 Å². The largest absolute Gasteiger partial charge is 0.494 e. The van der Waals surface area contributed by atoms with Gasteiger partial charge >= 0.3 is 0 Å². The van der Waals surface area contributed by atoms with Gasteiger partial charge in [-0.05, 0) is 48.2 Å². The van der Waals surface area contributed by atoms with Gasteiger partial charge in [0.2, 0.25) is 5.91 Å². The summed E-state index contributed by atoms with van der Waals surface area (Å²) in [7, 11) is 0. The maximum Gasteiger partial charge on any atom is 0.226 e. The molecule has 154 valence electrons. The Kier molecular flexibility index (Phi) is 7.55. The Morgan fingerprint density at radius 3 is 2.93 bits per heavy atom. The zero-order chi connectivity index (χ0) is 20.5. The monoisotopic (exact) mass is 399 g/mol. The summed E-state index contributed by atoms with van der Waals surface area (Å²) >= 11 is 0. The Balaban J connectivity index is 1.58. The lowest BCUT2D eigenvalue weighted by molar-refractivity contribution is -0.137. The minimum Gasteiger partial charge on any atom is -0.494 e. The van der Waals surface area contributed by atoms with Crippen LogP contribution in [0.5, 0.6) is 5.75 Å². The van der Waals surface area contributed by atoms with E-state index in [1.165, 1.54) is 4.90 Å². The summed E-state index contributed by atoms with van der Waals surface area (Å²) in [5, 5.41) is 3.23. The number of hydrogen-bond donors (Lipinski definition) is 1. The van der Waals surface area contributed by atoms with Crippen LogP contribution in [-0.4, -0.2) is 48.4 Å². The minimum atomic E-state index is -0.603. The number of amides is 1. The molecule has 3 rings (SSSR count). The van der Waals surface area contributed by atoms with Gasteiger partial charge in [0.25, 0.3) is 0 Å². The van der Waals surface area contributed by atoms with Gasteiger partial charge in [-0.15, -0.1) is 0 Å². The number of hydrogen-bond acceptors (Lipinski definition) is 5. The molecule has 0 spiro atoms. The zero-order valence-corrected chi connectivity index (χ0v) is 16.4. The molecule has 1 aliphatic heterocycles. The van der Waals surface area contributed by atoms with Crippen molar-refractivity contribution in [3.8, 4) is 5.75 Å². The number of alkyl halides is 1. The lowest BCUT2D eigenvalue weighted by Gasteiger charge is -2.22. The van der Waals surface area contributed by atoms with Crippen LogP contribution in [0.4, 0.5) is 10.2 Å². The number of carbonyl (C=O) groups is 2. The molecular formula is C22H26FN3O3. The van der Waals surface area contributed by atoms with E-state index in [4.69, 9.17) is 4.74 Å². The Morgan fingerprint density at radius 2 is 2.17 bits per heavy atom. The first-order valence-corrected chi connectivity index (χ1v) is 9.89. The number of aldehydes is 1. The number of benzene rings is 1. The third-order valence-corrected chi connectivity index (χ3v) is 4.96. The van der Waals surface area contributed by atoms with Crippen LogP contribution in [0.25, 0.3) is 0 Å². The number of ether oxygens (including phenoxy) is 1. The first kappa shape index (κ1) is 20.8. The van der Waals surface area contributed by atoms with Gasteiger partial charge in [0.05, 0.1) is 6.61 Å². The van der Waals surface area contributed by atoms with Crippen molar-refractivity contribution in [3.63, 3.8) is 0 Å². The van der Waals surface area contributed by atoms with E-state index >= 15 is 0 Å². The molecule has 1 amide bonds. The second-order valence-corrected chi connectivity index (χ2v) is 7.03. The summed E-state index contributed by atoms with van der Waals surface area (Å²) < 4.78 is 18.8. The predicted molar refractivity (Wildman–Crippen MR) is 109 cm³/mol. The number of nitrogens with zero attached hydrogens (tertiary/aromatic N) is 2. The highest BCUT2D eigenvalue weighted by Crippen LogP contribution is 2.27. The molecule has 1 aliphatic rings. The third-order valence-electron chi connectivity index (χ3n) is 4.96. The van der Waals surface area contributed by atoms with Crippen molar-refractivity contribution in [2.24, 2.45) is 5.92 Å². The van der Waals surface area contributed by atoms with Gasteiger partial charge in [0.1, 0.15) is 24.5 Å². The van der Waals surface area contributed by atoms with Crippen molar-refractivity contribution in [1.29, 1.82) is 0 Å². The van der Waals surface area contributed by atoms with E-state index < -0.39 is 12.6 Å². The normalized spacial score (nSPS) is 16.1. The summed E-state index contributed by atoms with van der Waals surface area (Å²) in [6.45, 7) is 1.06. The Labute approximate surface area is 170 Å². The fourth-order valence-electron chi connectivity index (χ4n) is 3.47. The lowest BCUT2D eigenvalue weighted by atomic mass is 9.94. The highest BCUT2D eigenvalue weighted by atomic mass is 19.1. The van der Waals surface area contributed by atoms with Gasteiger partial charge in [0, 0.05) is 38.2 Å². The predicted octanol–water partition coefficient (Wildman–Crippen LogP) is 3.02. The average Bonchev–Trinajstić information content (AvgIpc) is 2.86. The summed E-state index contributed by atoms with van der Waals surface area (Å²) in [5.41, 5.74) is 1.96. The number of pyridine rings is 1. The van der Waals surface area contributed by atoms with Crippen molar-refractivity contribution < 1.29 is 18.7 Å². The second-order valence-electron chi connectivity index (χ2n) is 7.03. The standard InChI is InChI=1S/C22H26FN3O3/c23-8-11-26-16-19-15-20(6-5-17(19)14-18(7-12-27)22(26)28)29-13-3-10-25-21-4-1-2-9-24-21/h1-2,4-6,9,12,15,18H,3,7-8,10-11,13-14,16H2,(H,24,25). The zero-order valence-electron chi connectivity index (χ0n) is 16.4. The molecule has 0 saturated carbocycles. The highest BCUT2D eigenvalue weighted by Gasteiger charge is 2.29. The number of anilines is 1. The number of nitrogens with one attached hydrogen (secondary N) is 1. The van der Waals surface area contributed by atoms with E-state index in [-0.39, 0.29) is 18.9 Å². The van der Waals surface area contributed by atoms with Crippen molar-refractivity contribution in [1.82, 2.24) is 9.88 Å². The van der Waals surface area contributed by atoms with Gasteiger partial charge in [-0.1, -0.05) is 12.1 Å². The lowest BCUT2D eigenvalue weighted by Crippen LogP contribution is -2.36. The van der Waals surface area contributed by atoms with E-state index in [2.05, 4.69) is 10.3 Å². The van der Waals surface area contributed by atoms with Gasteiger partial charge in [-0.2, -0.15) is 0 Å². The molecule has 2 heterocycles. The van der Waals surface area contributed by atoms with Crippen LogP contribution < -0.4 is 10.1 Å². The van der Waals surface area contributed by atoms with Gasteiger partial charge < -0.3 is 19.7 Å². The van der Waals surface area contributed by atoms with Crippen LogP contribution in [0.3, 0.4) is 0 Å². The molecule has 1 N–H and O–H groups in total. The Bertz CT molecular complexity index is 816. The number of rotatable bonds is 10. The topological polar surface area (TPSA) is 71.5 Å². The summed E-state index contributed by atoms with van der Waals surface area (Å²) in [4.78, 5) is 29.3. The average molecular weight is 399 g/mol. The number of halogens is 1. The first-order chi connectivity index (χ1) is 14.2. The SMILES string of the molecule is O=CCC1Cc2ccc(OCCCNc3ccccn3)cc2CN(CCF)C1=O. The van der Waals surface area contributed by atoms with Crippen LogP contribution in [0.2, 0.25) is 0 Å². The second kappa shape index (κ2) is 10.5. The number of carbonyl (C=O) groups excluding carboxylic acids is 2. The Morgan fingerprint density at radius 1 is 1.28 bits per heavy atom. The van der Waals surface area contributed by atoms with E-state index in [0.717, 1.165) is 41.9 Å². The summed E-state index contributed by atoms with van der Waals surface area (Å²) in [6.07, 6.45) is 3.96. The molecule has 0 aliphatic carbocycles. The van der Waals surface area contributed by atoms with Crippen LogP contribution in [0, 0.1) is 5.92 Å². The van der Waals surface area contributed by atoms with Crippen LogP contribution in [-0.2, 0) is 22.6 Å². The first-order valence-electron chi connectivity index (χ1n) is 9.89. The molecule has 1 aromatic heterocycles.